The highest BCUT2D eigenvalue weighted by Gasteiger charge is 2.15. The van der Waals surface area contributed by atoms with Crippen LogP contribution in [-0.2, 0) is 7.05 Å². The summed E-state index contributed by atoms with van der Waals surface area (Å²) in [5.41, 5.74) is 3.56. The molecule has 3 rings (SSSR count). The number of hydrogen-bond acceptors (Lipinski definition) is 2. The highest BCUT2D eigenvalue weighted by atomic mass is 16.5. The van der Waals surface area contributed by atoms with E-state index in [1.165, 1.54) is 0 Å². The number of fused-ring (bicyclic) bond motifs is 1. The van der Waals surface area contributed by atoms with Gasteiger partial charge in [-0.2, -0.15) is 0 Å². The maximum atomic E-state index is 10.3. The molecule has 0 spiro atoms. The summed E-state index contributed by atoms with van der Waals surface area (Å²) in [6.07, 6.45) is 0. The summed E-state index contributed by atoms with van der Waals surface area (Å²) >= 11 is 0. The normalized spacial score (nSPS) is 10.8. The van der Waals surface area contributed by atoms with Gasteiger partial charge in [-0.3, -0.25) is 0 Å². The van der Waals surface area contributed by atoms with E-state index in [0.717, 1.165) is 22.2 Å². The van der Waals surface area contributed by atoms with Crippen molar-refractivity contribution in [2.24, 2.45) is 7.05 Å². The maximum absolute atomic E-state index is 10.3. The Balaban J connectivity index is 2.15. The number of hydrogen-bond donors (Lipinski definition) is 1. The summed E-state index contributed by atoms with van der Waals surface area (Å²) in [7, 11) is 3.54. The van der Waals surface area contributed by atoms with Gasteiger partial charge in [-0.25, -0.2) is 0 Å². The van der Waals surface area contributed by atoms with Crippen molar-refractivity contribution in [2.75, 3.05) is 7.11 Å². The van der Waals surface area contributed by atoms with Crippen LogP contribution in [0, 0.1) is 0 Å². The monoisotopic (exact) mass is 279 g/mol. The van der Waals surface area contributed by atoms with Gasteiger partial charge in [0.25, 0.3) is 0 Å². The van der Waals surface area contributed by atoms with Gasteiger partial charge in [-0.15, -0.1) is 0 Å². The van der Waals surface area contributed by atoms with Crippen LogP contribution in [0.15, 0.2) is 55.1 Å². The highest BCUT2D eigenvalue weighted by molar-refractivity contribution is 5.90. The van der Waals surface area contributed by atoms with E-state index in [1.807, 2.05) is 31.3 Å². The van der Waals surface area contributed by atoms with Crippen LogP contribution in [0.2, 0.25) is 0 Å². The molecule has 3 nitrogen and oxygen atoms in total. The van der Waals surface area contributed by atoms with E-state index in [-0.39, 0.29) is 5.75 Å². The predicted molar refractivity (Wildman–Crippen MR) is 85.7 cm³/mol. The van der Waals surface area contributed by atoms with Gasteiger partial charge in [0.05, 0.1) is 7.11 Å². The van der Waals surface area contributed by atoms with Crippen molar-refractivity contribution in [1.29, 1.82) is 0 Å². The molecule has 1 aromatic heterocycles. The van der Waals surface area contributed by atoms with Crippen LogP contribution in [0.1, 0.15) is 11.3 Å². The van der Waals surface area contributed by atoms with E-state index in [4.69, 9.17) is 4.74 Å². The van der Waals surface area contributed by atoms with Crippen LogP contribution >= 0.6 is 0 Å². The fourth-order valence-corrected chi connectivity index (χ4v) is 2.65. The highest BCUT2D eigenvalue weighted by Crippen LogP contribution is 2.37. The molecular formula is C18H17NO2. The second kappa shape index (κ2) is 5.02. The fraction of sp³-hybridized carbons (Fsp3) is 0.111. The molecule has 0 saturated carbocycles. The number of rotatable bonds is 3. The molecule has 2 aromatic carbocycles. The van der Waals surface area contributed by atoms with E-state index >= 15 is 0 Å². The summed E-state index contributed by atoms with van der Waals surface area (Å²) in [5, 5.41) is 11.4. The van der Waals surface area contributed by atoms with Crippen LogP contribution in [0.5, 0.6) is 11.5 Å². The number of methoxy groups -OCH3 is 1. The number of phenolic OH excluding ortho intramolecular Hbond substituents is 1. The van der Waals surface area contributed by atoms with Crippen molar-refractivity contribution >= 4 is 16.5 Å². The molecule has 106 valence electrons. The van der Waals surface area contributed by atoms with Gasteiger partial charge in [0.1, 0.15) is 0 Å². The van der Waals surface area contributed by atoms with E-state index in [2.05, 4.69) is 29.3 Å². The van der Waals surface area contributed by atoms with Gasteiger partial charge in [0.15, 0.2) is 11.5 Å². The summed E-state index contributed by atoms with van der Waals surface area (Å²) in [5.74, 6) is 0.572. The molecule has 0 aliphatic rings. The Morgan fingerprint density at radius 1 is 1.14 bits per heavy atom. The van der Waals surface area contributed by atoms with Crippen molar-refractivity contribution in [3.8, 4) is 11.5 Å². The number of ether oxygens (including phenoxy) is 1. The van der Waals surface area contributed by atoms with Crippen LogP contribution in [0.3, 0.4) is 0 Å². The van der Waals surface area contributed by atoms with Crippen molar-refractivity contribution in [3.63, 3.8) is 0 Å². The largest absolute Gasteiger partial charge is 0.504 e. The minimum Gasteiger partial charge on any atom is -0.504 e. The topological polar surface area (TPSA) is 34.4 Å². The molecule has 0 saturated heterocycles. The van der Waals surface area contributed by atoms with Crippen molar-refractivity contribution in [1.82, 2.24) is 4.57 Å². The minimum absolute atomic E-state index is 0.121. The molecule has 0 aliphatic heterocycles. The molecule has 0 radical (unpaired) electrons. The second-order valence-corrected chi connectivity index (χ2v) is 4.98. The quantitative estimate of drug-likeness (QED) is 0.787. The lowest BCUT2D eigenvalue weighted by atomic mass is 10.0. The summed E-state index contributed by atoms with van der Waals surface area (Å²) in [6.45, 7) is 4.15. The SMILES string of the molecule is C=C(c1cccc(OC)c1O)c1cc2ccccc2n1C. The average Bonchev–Trinajstić information content (AvgIpc) is 2.84. The fourth-order valence-electron chi connectivity index (χ4n) is 2.65. The summed E-state index contributed by atoms with van der Waals surface area (Å²) in [6, 6.07) is 15.7. The van der Waals surface area contributed by atoms with Gasteiger partial charge >= 0.3 is 0 Å². The predicted octanol–water partition coefficient (Wildman–Crippen LogP) is 3.95. The molecule has 0 unspecified atom stereocenters. The molecule has 21 heavy (non-hydrogen) atoms. The number of nitrogens with zero attached hydrogens (tertiary/aromatic N) is 1. The summed E-state index contributed by atoms with van der Waals surface area (Å²) < 4.78 is 7.24. The first kappa shape index (κ1) is 13.3. The second-order valence-electron chi connectivity index (χ2n) is 4.98. The van der Waals surface area contributed by atoms with E-state index in [1.54, 1.807) is 13.2 Å². The first-order valence-electron chi connectivity index (χ1n) is 6.73. The van der Waals surface area contributed by atoms with E-state index in [0.29, 0.717) is 11.3 Å². The third kappa shape index (κ3) is 2.07. The van der Waals surface area contributed by atoms with Crippen molar-refractivity contribution in [2.45, 2.75) is 0 Å². The lowest BCUT2D eigenvalue weighted by molar-refractivity contribution is 0.373. The number of phenols is 1. The Bertz CT molecular complexity index is 830. The molecule has 1 heterocycles. The Hall–Kier alpha value is -2.68. The zero-order valence-electron chi connectivity index (χ0n) is 12.1. The number of benzene rings is 2. The first-order chi connectivity index (χ1) is 10.1. The van der Waals surface area contributed by atoms with Crippen LogP contribution in [0.4, 0.5) is 0 Å². The van der Waals surface area contributed by atoms with E-state index < -0.39 is 0 Å². The lowest BCUT2D eigenvalue weighted by Crippen LogP contribution is -1.97. The van der Waals surface area contributed by atoms with Crippen molar-refractivity contribution in [3.05, 3.63) is 66.4 Å². The summed E-state index contributed by atoms with van der Waals surface area (Å²) in [4.78, 5) is 0. The maximum Gasteiger partial charge on any atom is 0.165 e. The third-order valence-corrected chi connectivity index (χ3v) is 3.80. The average molecular weight is 279 g/mol. The Morgan fingerprint density at radius 2 is 1.90 bits per heavy atom. The Labute approximate surface area is 123 Å². The zero-order chi connectivity index (χ0) is 15.0. The van der Waals surface area contributed by atoms with Gasteiger partial charge in [0, 0.05) is 34.8 Å². The van der Waals surface area contributed by atoms with Crippen LogP contribution in [-0.4, -0.2) is 16.8 Å². The number of para-hydroxylation sites is 2. The number of aryl methyl sites for hydroxylation is 1. The minimum atomic E-state index is 0.121. The standard InChI is InChI=1S/C18H17NO2/c1-12(14-8-6-10-17(21-3)18(14)20)16-11-13-7-4-5-9-15(13)19(16)2/h4-11,20H,1H2,2-3H3. The zero-order valence-corrected chi connectivity index (χ0v) is 12.1. The number of aromatic nitrogens is 1. The molecular weight excluding hydrogens is 262 g/mol. The molecule has 0 atom stereocenters. The molecule has 0 bridgehead atoms. The smallest absolute Gasteiger partial charge is 0.165 e. The molecule has 3 aromatic rings. The lowest BCUT2D eigenvalue weighted by Gasteiger charge is -2.12. The molecule has 0 fully saturated rings. The van der Waals surface area contributed by atoms with Crippen LogP contribution in [0.25, 0.3) is 16.5 Å². The first-order valence-corrected chi connectivity index (χ1v) is 6.73. The Morgan fingerprint density at radius 3 is 2.62 bits per heavy atom. The van der Waals surface area contributed by atoms with E-state index in [9.17, 15) is 5.11 Å². The van der Waals surface area contributed by atoms with Gasteiger partial charge < -0.3 is 14.4 Å². The van der Waals surface area contributed by atoms with Gasteiger partial charge in [-0.05, 0) is 18.2 Å². The van der Waals surface area contributed by atoms with Gasteiger partial charge in [0.2, 0.25) is 0 Å². The van der Waals surface area contributed by atoms with Gasteiger partial charge in [-0.1, -0.05) is 36.9 Å². The van der Waals surface area contributed by atoms with Crippen molar-refractivity contribution < 1.29 is 9.84 Å². The number of aromatic hydroxyl groups is 1. The third-order valence-electron chi connectivity index (χ3n) is 3.80. The van der Waals surface area contributed by atoms with Crippen LogP contribution < -0.4 is 4.74 Å². The molecule has 0 amide bonds. The molecule has 1 N–H and O–H groups in total. The molecule has 0 aliphatic carbocycles. The molecule has 3 heteroatoms. The Kier molecular flexibility index (Phi) is 3.18.